The van der Waals surface area contributed by atoms with Gasteiger partial charge in [0.2, 0.25) is 0 Å². The van der Waals surface area contributed by atoms with Gasteiger partial charge in [0.05, 0.1) is 12.1 Å². The Morgan fingerprint density at radius 2 is 0.862 bits per heavy atom. The van der Waals surface area contributed by atoms with E-state index in [-0.39, 0.29) is 34.5 Å². The van der Waals surface area contributed by atoms with Crippen LogP contribution in [0, 0.1) is 10.8 Å². The van der Waals surface area contributed by atoms with Gasteiger partial charge in [-0.2, -0.15) is 0 Å². The predicted octanol–water partition coefficient (Wildman–Crippen LogP) is 11.1. The molecular weight excluding hydrogens is 713 g/mol. The molecule has 2 unspecified atom stereocenters. The molecule has 0 amide bonds. The van der Waals surface area contributed by atoms with Gasteiger partial charge in [0.25, 0.3) is 0 Å². The van der Waals surface area contributed by atoms with Crippen LogP contribution in [0.1, 0.15) is 133 Å². The van der Waals surface area contributed by atoms with Crippen molar-refractivity contribution in [2.75, 3.05) is 26.2 Å². The molecule has 6 heteroatoms. The van der Waals surface area contributed by atoms with Crippen LogP contribution in [0.15, 0.2) is 130 Å². The summed E-state index contributed by atoms with van der Waals surface area (Å²) in [6.07, 6.45) is 39.9. The van der Waals surface area contributed by atoms with E-state index < -0.39 is 0 Å². The van der Waals surface area contributed by atoms with Gasteiger partial charge in [-0.15, -0.1) is 0 Å². The minimum absolute atomic E-state index is 0.0797. The van der Waals surface area contributed by atoms with Gasteiger partial charge in [-0.3, -0.25) is 9.59 Å². The first-order valence-electron chi connectivity index (χ1n) is 22.0. The summed E-state index contributed by atoms with van der Waals surface area (Å²) in [7, 11) is 0. The van der Waals surface area contributed by atoms with E-state index in [0.717, 1.165) is 135 Å². The lowest BCUT2D eigenvalue weighted by Gasteiger charge is -2.37. The molecule has 0 saturated carbocycles. The first kappa shape index (κ1) is 50.5. The van der Waals surface area contributed by atoms with Crippen LogP contribution < -0.4 is 22.1 Å². The minimum Gasteiger partial charge on any atom is -0.330 e. The van der Waals surface area contributed by atoms with Crippen LogP contribution in [0.5, 0.6) is 0 Å². The van der Waals surface area contributed by atoms with Crippen LogP contribution in [-0.4, -0.2) is 49.8 Å². The third kappa shape index (κ3) is 18.1. The first-order chi connectivity index (χ1) is 27.5. The number of Topliss-reactive ketones (excluding diaryl/α,β-unsaturated/α-hetero) is 2. The van der Waals surface area contributed by atoms with Gasteiger partial charge in [0.15, 0.2) is 11.6 Å². The summed E-state index contributed by atoms with van der Waals surface area (Å²) in [5, 5.41) is 7.05. The third-order valence-corrected chi connectivity index (χ3v) is 11.4. The average molecular weight is 793 g/mol. The Balaban J connectivity index is 1.91. The summed E-state index contributed by atoms with van der Waals surface area (Å²) < 4.78 is 0. The number of carbonyl (C=O) groups is 2. The van der Waals surface area contributed by atoms with Crippen LogP contribution >= 0.6 is 0 Å². The lowest BCUT2D eigenvalue weighted by Crippen LogP contribution is -2.45. The maximum atomic E-state index is 13.2. The lowest BCUT2D eigenvalue weighted by molar-refractivity contribution is -0.119. The Labute approximate surface area is 354 Å². The summed E-state index contributed by atoms with van der Waals surface area (Å²) in [5.74, 6) is 0.449. The summed E-state index contributed by atoms with van der Waals surface area (Å²) in [5.41, 5.74) is 19.6. The Hall–Kier alpha value is -3.68. The fourth-order valence-corrected chi connectivity index (χ4v) is 7.83. The number of hydrogen-bond acceptors (Lipinski definition) is 6. The molecule has 0 spiro atoms. The highest BCUT2D eigenvalue weighted by Gasteiger charge is 2.38. The summed E-state index contributed by atoms with van der Waals surface area (Å²) in [4.78, 5) is 26.4. The second kappa shape index (κ2) is 26.4. The maximum absolute atomic E-state index is 13.2. The second-order valence-electron chi connectivity index (χ2n) is 17.8. The molecule has 0 saturated heterocycles. The Kier molecular flexibility index (Phi) is 23.0. The van der Waals surface area contributed by atoms with Crippen molar-refractivity contribution < 1.29 is 9.59 Å². The summed E-state index contributed by atoms with van der Waals surface area (Å²) in [6, 6.07) is -0.219. The van der Waals surface area contributed by atoms with Gasteiger partial charge >= 0.3 is 0 Å². The van der Waals surface area contributed by atoms with E-state index in [9.17, 15) is 9.59 Å². The van der Waals surface area contributed by atoms with Gasteiger partial charge in [0, 0.05) is 0 Å². The number of nitrogens with two attached hydrogens (primary N) is 2. The van der Waals surface area contributed by atoms with Crippen LogP contribution in [0.3, 0.4) is 0 Å². The van der Waals surface area contributed by atoms with Crippen LogP contribution in [0.2, 0.25) is 0 Å². The standard InChI is InChI=1S/C52H80N4O2/c1-39(25-21-27-41(3)29-31-45-43(5)49(57)47(37-51(45,7)8)55-35-19-13-11-17-33-53)23-15-16-24-40(2)26-22-28-42(4)30-32-46-44(6)50(58)48(38-52(46,9)10)56-36-20-14-12-18-34-54/h15-16,21-32,47-48,55-56H,11-14,17-20,33-38,53-54H2,1-10H3/b16-15+,25-21+,26-22+,31-29+,32-30+,39-23+,40-24+,41-27+,42-28+. The fourth-order valence-electron chi connectivity index (χ4n) is 7.83. The van der Waals surface area contributed by atoms with Crippen molar-refractivity contribution >= 4 is 11.6 Å². The molecule has 0 radical (unpaired) electrons. The Morgan fingerprint density at radius 1 is 0.534 bits per heavy atom. The molecule has 0 aromatic rings. The zero-order valence-corrected chi connectivity index (χ0v) is 38.1. The van der Waals surface area contributed by atoms with Crippen LogP contribution in [0.25, 0.3) is 0 Å². The van der Waals surface area contributed by atoms with Crippen LogP contribution in [-0.2, 0) is 9.59 Å². The number of ketones is 2. The average Bonchev–Trinajstić information content (AvgIpc) is 3.16. The van der Waals surface area contributed by atoms with E-state index in [1.54, 1.807) is 0 Å². The third-order valence-electron chi connectivity index (χ3n) is 11.4. The minimum atomic E-state index is -0.109. The molecule has 0 bridgehead atoms. The molecule has 2 rings (SSSR count). The smallest absolute Gasteiger partial charge is 0.175 e. The first-order valence-corrected chi connectivity index (χ1v) is 22.0. The van der Waals surface area contributed by atoms with E-state index in [1.165, 1.54) is 0 Å². The fraction of sp³-hybridized carbons (Fsp3) is 0.538. The predicted molar refractivity (Wildman–Crippen MR) is 252 cm³/mol. The van der Waals surface area contributed by atoms with Gasteiger partial charge in [-0.05, 0) is 139 Å². The van der Waals surface area contributed by atoms with Crippen LogP contribution in [0.4, 0.5) is 0 Å². The Morgan fingerprint density at radius 3 is 1.22 bits per heavy atom. The van der Waals surface area contributed by atoms with E-state index >= 15 is 0 Å². The zero-order valence-electron chi connectivity index (χ0n) is 38.1. The van der Waals surface area contributed by atoms with Gasteiger partial charge in [-0.1, -0.05) is 161 Å². The Bertz CT molecular complexity index is 1570. The van der Waals surface area contributed by atoms with E-state index in [1.807, 2.05) is 13.8 Å². The van der Waals surface area contributed by atoms with Crippen molar-refractivity contribution in [2.24, 2.45) is 22.3 Å². The SMILES string of the molecule is CC1=C(/C=C/C(C)=C/C=C/C(C)=C/C=C/C=C(C)/C=C/C=C(C)/C=C/C2=C(C)C(=O)C(NCCCCCCN)CC2(C)C)C(C)(C)CC(NCCCCCCN)C1=O. The van der Waals surface area contributed by atoms with Crippen molar-refractivity contribution in [3.8, 4) is 0 Å². The lowest BCUT2D eigenvalue weighted by atomic mass is 9.70. The number of nitrogens with one attached hydrogen (secondary N) is 2. The normalized spacial score (nSPS) is 21.5. The number of unbranched alkanes of at least 4 members (excludes halogenated alkanes) is 6. The van der Waals surface area contributed by atoms with Crippen molar-refractivity contribution in [1.29, 1.82) is 0 Å². The van der Waals surface area contributed by atoms with E-state index in [0.29, 0.717) is 0 Å². The number of allylic oxidation sites excluding steroid dienone is 20. The molecule has 0 aromatic heterocycles. The quantitative estimate of drug-likeness (QED) is 0.0572. The monoisotopic (exact) mass is 793 g/mol. The summed E-state index contributed by atoms with van der Waals surface area (Å²) >= 11 is 0. The van der Waals surface area contributed by atoms with Crippen molar-refractivity contribution in [1.82, 2.24) is 10.6 Å². The van der Waals surface area contributed by atoms with Gasteiger partial charge in [-0.25, -0.2) is 0 Å². The second-order valence-corrected chi connectivity index (χ2v) is 17.8. The molecule has 2 aliphatic rings. The molecule has 6 N–H and O–H groups in total. The number of rotatable bonds is 24. The van der Waals surface area contributed by atoms with Gasteiger partial charge < -0.3 is 22.1 Å². The maximum Gasteiger partial charge on any atom is 0.175 e. The highest BCUT2D eigenvalue weighted by molar-refractivity contribution is 6.02. The molecular formula is C52H80N4O2. The molecule has 58 heavy (non-hydrogen) atoms. The number of hydrogen-bond donors (Lipinski definition) is 4. The molecule has 320 valence electrons. The molecule has 0 aliphatic heterocycles. The van der Waals surface area contributed by atoms with Gasteiger partial charge in [0.1, 0.15) is 0 Å². The topological polar surface area (TPSA) is 110 Å². The zero-order chi connectivity index (χ0) is 43.1. The van der Waals surface area contributed by atoms with E-state index in [4.69, 9.17) is 11.5 Å². The highest BCUT2D eigenvalue weighted by atomic mass is 16.1. The molecule has 6 nitrogen and oxygen atoms in total. The summed E-state index contributed by atoms with van der Waals surface area (Å²) in [6.45, 7) is 24.6. The molecule has 2 aliphatic carbocycles. The van der Waals surface area contributed by atoms with Crippen molar-refractivity contribution in [3.05, 3.63) is 130 Å². The largest absolute Gasteiger partial charge is 0.330 e. The molecule has 0 heterocycles. The van der Waals surface area contributed by atoms with E-state index in [2.05, 4.69) is 151 Å². The number of carbonyl (C=O) groups excluding carboxylic acids is 2. The highest BCUT2D eigenvalue weighted by Crippen LogP contribution is 2.41. The molecule has 2 atom stereocenters. The van der Waals surface area contributed by atoms with Crippen molar-refractivity contribution in [2.45, 2.75) is 146 Å². The molecule has 0 fully saturated rings. The molecule has 0 aromatic carbocycles. The van der Waals surface area contributed by atoms with Crippen molar-refractivity contribution in [3.63, 3.8) is 0 Å².